The van der Waals surface area contributed by atoms with Gasteiger partial charge in [-0.1, -0.05) is 18.2 Å². The van der Waals surface area contributed by atoms with E-state index >= 15 is 0 Å². The van der Waals surface area contributed by atoms with Crippen LogP contribution in [0.2, 0.25) is 0 Å². The number of hydrogen-bond donors (Lipinski definition) is 1. The smallest absolute Gasteiger partial charge is 0.272 e. The van der Waals surface area contributed by atoms with Gasteiger partial charge in [0, 0.05) is 49.7 Å². The third-order valence-electron chi connectivity index (χ3n) is 4.64. The Balaban J connectivity index is 1.39. The Morgan fingerprint density at radius 1 is 0.889 bits per heavy atom. The maximum atomic E-state index is 12.7. The highest BCUT2D eigenvalue weighted by Gasteiger charge is 2.26. The van der Waals surface area contributed by atoms with Crippen LogP contribution in [0.1, 0.15) is 20.8 Å². The molecule has 0 radical (unpaired) electrons. The Bertz CT molecular complexity index is 931. The van der Waals surface area contributed by atoms with Crippen molar-refractivity contribution >= 4 is 11.8 Å². The van der Waals surface area contributed by atoms with Gasteiger partial charge in [-0.25, -0.2) is 0 Å². The molecule has 3 heterocycles. The topological polar surface area (TPSA) is 82.2 Å². The Labute approximate surface area is 156 Å². The number of hydrogen-bond acceptors (Lipinski definition) is 4. The molecule has 0 unspecified atom stereocenters. The SMILES string of the molecule is O=C(c1ccccc1)N1CCN(C(=O)c2cc(-c3cccnc3)n[nH]2)CC1. The summed E-state index contributed by atoms with van der Waals surface area (Å²) in [5.41, 5.74) is 2.65. The quantitative estimate of drug-likeness (QED) is 0.774. The summed E-state index contributed by atoms with van der Waals surface area (Å²) in [7, 11) is 0. The molecule has 27 heavy (non-hydrogen) atoms. The molecule has 1 saturated heterocycles. The van der Waals surface area contributed by atoms with Crippen molar-refractivity contribution < 1.29 is 9.59 Å². The first-order valence-electron chi connectivity index (χ1n) is 8.82. The van der Waals surface area contributed by atoms with Gasteiger partial charge in [0.1, 0.15) is 5.69 Å². The molecule has 0 spiro atoms. The molecule has 0 saturated carbocycles. The summed E-state index contributed by atoms with van der Waals surface area (Å²) in [6.45, 7) is 2.03. The normalized spacial score (nSPS) is 14.2. The van der Waals surface area contributed by atoms with E-state index in [1.54, 1.807) is 28.3 Å². The molecule has 3 aromatic rings. The van der Waals surface area contributed by atoms with Crippen molar-refractivity contribution in [1.82, 2.24) is 25.0 Å². The number of aromatic amines is 1. The minimum absolute atomic E-state index is 0.00287. The van der Waals surface area contributed by atoms with E-state index in [4.69, 9.17) is 0 Å². The average molecular weight is 361 g/mol. The second-order valence-corrected chi connectivity index (χ2v) is 6.36. The molecule has 1 aliphatic rings. The van der Waals surface area contributed by atoms with Crippen LogP contribution in [0.25, 0.3) is 11.3 Å². The van der Waals surface area contributed by atoms with Gasteiger partial charge in [-0.15, -0.1) is 0 Å². The fourth-order valence-corrected chi connectivity index (χ4v) is 3.14. The molecule has 1 fully saturated rings. The molecular formula is C20H19N5O2. The monoisotopic (exact) mass is 361 g/mol. The Morgan fingerprint density at radius 3 is 2.26 bits per heavy atom. The Kier molecular flexibility index (Phi) is 4.65. The Hall–Kier alpha value is -3.48. The van der Waals surface area contributed by atoms with Gasteiger partial charge < -0.3 is 9.80 Å². The third-order valence-corrected chi connectivity index (χ3v) is 4.64. The molecular weight excluding hydrogens is 342 g/mol. The lowest BCUT2D eigenvalue weighted by atomic mass is 10.1. The van der Waals surface area contributed by atoms with Gasteiger partial charge >= 0.3 is 0 Å². The molecule has 0 bridgehead atoms. The summed E-state index contributed by atoms with van der Waals surface area (Å²) in [5.74, 6) is -0.104. The number of amides is 2. The molecule has 0 atom stereocenters. The minimum atomic E-state index is -0.107. The standard InChI is InChI=1S/C20H19N5O2/c26-19(15-5-2-1-3-6-15)24-9-11-25(12-10-24)20(27)18-13-17(22-23-18)16-7-4-8-21-14-16/h1-8,13-14H,9-12H2,(H,22,23). The number of benzene rings is 1. The molecule has 136 valence electrons. The maximum absolute atomic E-state index is 12.7. The lowest BCUT2D eigenvalue weighted by Crippen LogP contribution is -2.50. The second-order valence-electron chi connectivity index (χ2n) is 6.36. The van der Waals surface area contributed by atoms with Crippen molar-refractivity contribution in [2.45, 2.75) is 0 Å². The lowest BCUT2D eigenvalue weighted by Gasteiger charge is -2.34. The van der Waals surface area contributed by atoms with Crippen LogP contribution in [-0.2, 0) is 0 Å². The number of pyridine rings is 1. The average Bonchev–Trinajstić information content (AvgIpc) is 3.24. The van der Waals surface area contributed by atoms with Crippen LogP contribution < -0.4 is 0 Å². The maximum Gasteiger partial charge on any atom is 0.272 e. The van der Waals surface area contributed by atoms with E-state index in [0.717, 1.165) is 5.56 Å². The third kappa shape index (κ3) is 3.57. The highest BCUT2D eigenvalue weighted by molar-refractivity contribution is 5.95. The van der Waals surface area contributed by atoms with Gasteiger partial charge in [-0.2, -0.15) is 5.10 Å². The summed E-state index contributed by atoms with van der Waals surface area (Å²) in [4.78, 5) is 32.8. The van der Waals surface area contributed by atoms with E-state index in [1.165, 1.54) is 0 Å². The van der Waals surface area contributed by atoms with Crippen LogP contribution in [0.15, 0.2) is 60.9 Å². The van der Waals surface area contributed by atoms with E-state index in [0.29, 0.717) is 43.1 Å². The van der Waals surface area contributed by atoms with E-state index < -0.39 is 0 Å². The van der Waals surface area contributed by atoms with Crippen molar-refractivity contribution in [2.75, 3.05) is 26.2 Å². The zero-order valence-corrected chi connectivity index (χ0v) is 14.7. The van der Waals surface area contributed by atoms with Crippen LogP contribution >= 0.6 is 0 Å². The number of piperazine rings is 1. The molecule has 1 aromatic carbocycles. The molecule has 7 heteroatoms. The van der Waals surface area contributed by atoms with Gasteiger partial charge in [0.15, 0.2) is 0 Å². The highest BCUT2D eigenvalue weighted by atomic mass is 16.2. The molecule has 1 N–H and O–H groups in total. The van der Waals surface area contributed by atoms with E-state index in [2.05, 4.69) is 15.2 Å². The number of carbonyl (C=O) groups is 2. The minimum Gasteiger partial charge on any atom is -0.335 e. The van der Waals surface area contributed by atoms with Gasteiger partial charge in [-0.3, -0.25) is 19.7 Å². The van der Waals surface area contributed by atoms with Crippen LogP contribution in [0.4, 0.5) is 0 Å². The van der Waals surface area contributed by atoms with Crippen LogP contribution in [0, 0.1) is 0 Å². The largest absolute Gasteiger partial charge is 0.335 e. The van der Waals surface area contributed by atoms with Crippen molar-refractivity contribution in [3.8, 4) is 11.3 Å². The lowest BCUT2D eigenvalue weighted by molar-refractivity contribution is 0.0532. The van der Waals surface area contributed by atoms with Crippen LogP contribution in [-0.4, -0.2) is 63.0 Å². The number of aromatic nitrogens is 3. The summed E-state index contributed by atoms with van der Waals surface area (Å²) in [5, 5.41) is 7.02. The summed E-state index contributed by atoms with van der Waals surface area (Å²) < 4.78 is 0. The second kappa shape index (κ2) is 7.41. The molecule has 0 aliphatic carbocycles. The number of rotatable bonds is 3. The zero-order valence-electron chi connectivity index (χ0n) is 14.7. The fourth-order valence-electron chi connectivity index (χ4n) is 3.14. The summed E-state index contributed by atoms with van der Waals surface area (Å²) in [6, 6.07) is 14.7. The number of nitrogens with zero attached hydrogens (tertiary/aromatic N) is 4. The van der Waals surface area contributed by atoms with Crippen molar-refractivity contribution in [1.29, 1.82) is 0 Å². The molecule has 2 amide bonds. The van der Waals surface area contributed by atoms with Crippen molar-refractivity contribution in [3.63, 3.8) is 0 Å². The first kappa shape index (κ1) is 17.0. The zero-order chi connectivity index (χ0) is 18.6. The van der Waals surface area contributed by atoms with Gasteiger partial charge in [0.25, 0.3) is 11.8 Å². The molecule has 2 aromatic heterocycles. The van der Waals surface area contributed by atoms with Crippen LogP contribution in [0.3, 0.4) is 0 Å². The highest BCUT2D eigenvalue weighted by Crippen LogP contribution is 2.17. The number of carbonyl (C=O) groups excluding carboxylic acids is 2. The Morgan fingerprint density at radius 2 is 1.59 bits per heavy atom. The number of nitrogens with one attached hydrogen (secondary N) is 1. The van der Waals surface area contributed by atoms with E-state index in [1.807, 2.05) is 42.5 Å². The van der Waals surface area contributed by atoms with Crippen molar-refractivity contribution in [3.05, 3.63) is 72.2 Å². The van der Waals surface area contributed by atoms with E-state index in [-0.39, 0.29) is 11.8 Å². The van der Waals surface area contributed by atoms with Gasteiger partial charge in [-0.05, 0) is 30.3 Å². The predicted octanol–water partition coefficient (Wildman–Crippen LogP) is 2.07. The van der Waals surface area contributed by atoms with E-state index in [9.17, 15) is 9.59 Å². The van der Waals surface area contributed by atoms with Crippen molar-refractivity contribution in [2.24, 2.45) is 0 Å². The molecule has 1 aliphatic heterocycles. The van der Waals surface area contributed by atoms with Gasteiger partial charge in [0.2, 0.25) is 0 Å². The van der Waals surface area contributed by atoms with Crippen LogP contribution in [0.5, 0.6) is 0 Å². The predicted molar refractivity (Wildman–Crippen MR) is 100 cm³/mol. The number of H-pyrrole nitrogens is 1. The first-order valence-corrected chi connectivity index (χ1v) is 8.82. The molecule has 4 rings (SSSR count). The fraction of sp³-hybridized carbons (Fsp3) is 0.200. The summed E-state index contributed by atoms with van der Waals surface area (Å²) in [6.07, 6.45) is 3.40. The summed E-state index contributed by atoms with van der Waals surface area (Å²) >= 11 is 0. The van der Waals surface area contributed by atoms with Gasteiger partial charge in [0.05, 0.1) is 5.69 Å². The first-order chi connectivity index (χ1) is 13.2. The molecule has 7 nitrogen and oxygen atoms in total.